The number of methoxy groups -OCH3 is 1. The molecule has 2 aromatic rings. The average molecular weight is 407 g/mol. The Labute approximate surface area is 166 Å². The number of anilines is 1. The van der Waals surface area contributed by atoms with Gasteiger partial charge in [-0.25, -0.2) is 8.42 Å². The highest BCUT2D eigenvalue weighted by Crippen LogP contribution is 2.29. The minimum atomic E-state index is -3.67. The van der Waals surface area contributed by atoms with Crippen LogP contribution in [0, 0.1) is 13.8 Å². The maximum Gasteiger partial charge on any atom is 0.240 e. The van der Waals surface area contributed by atoms with Gasteiger partial charge in [-0.05, 0) is 37.6 Å². The molecule has 0 saturated carbocycles. The Kier molecular flexibility index (Phi) is 7.28. The van der Waals surface area contributed by atoms with Gasteiger partial charge in [-0.15, -0.1) is 0 Å². The molecule has 0 heterocycles. The molecule has 8 heteroatoms. The van der Waals surface area contributed by atoms with E-state index in [0.717, 1.165) is 27.4 Å². The van der Waals surface area contributed by atoms with Gasteiger partial charge in [-0.3, -0.25) is 9.10 Å². The van der Waals surface area contributed by atoms with Crippen molar-refractivity contribution in [1.29, 1.82) is 0 Å². The van der Waals surface area contributed by atoms with Crippen molar-refractivity contribution in [2.45, 2.75) is 13.8 Å². The van der Waals surface area contributed by atoms with Gasteiger partial charge >= 0.3 is 0 Å². The van der Waals surface area contributed by atoms with Gasteiger partial charge in [-0.2, -0.15) is 0 Å². The number of hydrogen-bond acceptors (Lipinski definition) is 5. The Balaban J connectivity index is 1.95. The molecule has 28 heavy (non-hydrogen) atoms. The third kappa shape index (κ3) is 5.88. The summed E-state index contributed by atoms with van der Waals surface area (Å²) in [6.07, 6.45) is 1.05. The van der Waals surface area contributed by atoms with Crippen LogP contribution in [0.15, 0.2) is 42.5 Å². The lowest BCUT2D eigenvalue weighted by molar-refractivity contribution is -0.119. The molecule has 0 atom stereocenters. The second-order valence-corrected chi connectivity index (χ2v) is 8.32. The van der Waals surface area contributed by atoms with E-state index < -0.39 is 15.9 Å². The molecule has 0 bridgehead atoms. The summed E-state index contributed by atoms with van der Waals surface area (Å²) in [6, 6.07) is 12.5. The summed E-state index contributed by atoms with van der Waals surface area (Å²) < 4.78 is 36.3. The van der Waals surface area contributed by atoms with Crippen LogP contribution in [-0.2, 0) is 14.8 Å². The van der Waals surface area contributed by atoms with Crippen LogP contribution in [0.1, 0.15) is 11.1 Å². The zero-order valence-corrected chi connectivity index (χ0v) is 17.4. The maximum absolute atomic E-state index is 12.3. The largest absolute Gasteiger partial charge is 0.495 e. The number of sulfonamides is 1. The summed E-state index contributed by atoms with van der Waals surface area (Å²) in [4.78, 5) is 12.3. The summed E-state index contributed by atoms with van der Waals surface area (Å²) in [5, 5.41) is 2.68. The minimum absolute atomic E-state index is 0.260. The van der Waals surface area contributed by atoms with Crippen molar-refractivity contribution in [3.8, 4) is 11.5 Å². The van der Waals surface area contributed by atoms with Crippen LogP contribution in [0.3, 0.4) is 0 Å². The van der Waals surface area contributed by atoms with Gasteiger partial charge in [0.05, 0.1) is 25.6 Å². The molecule has 0 radical (unpaired) electrons. The van der Waals surface area contributed by atoms with Crippen LogP contribution in [0.2, 0.25) is 0 Å². The van der Waals surface area contributed by atoms with Crippen LogP contribution in [-0.4, -0.2) is 47.4 Å². The van der Waals surface area contributed by atoms with Crippen molar-refractivity contribution in [2.75, 3.05) is 37.4 Å². The molecule has 0 aliphatic heterocycles. The normalized spacial score (nSPS) is 11.0. The van der Waals surface area contributed by atoms with E-state index in [-0.39, 0.29) is 19.7 Å². The standard InChI is InChI=1S/C20H26N2O5S/c1-15-9-10-18(16(2)13-15)27-12-11-21-20(23)14-22(28(4,24)25)17-7-5-6-8-19(17)26-3/h5-10,13H,11-12,14H2,1-4H3,(H,21,23). The van der Waals surface area contributed by atoms with E-state index in [2.05, 4.69) is 5.32 Å². The predicted octanol–water partition coefficient (Wildman–Crippen LogP) is 2.27. The van der Waals surface area contributed by atoms with Crippen LogP contribution < -0.4 is 19.1 Å². The number of amides is 1. The first-order chi connectivity index (χ1) is 13.2. The highest BCUT2D eigenvalue weighted by Gasteiger charge is 2.23. The monoisotopic (exact) mass is 406 g/mol. The number of aryl methyl sites for hydroxylation is 2. The molecule has 0 fully saturated rings. The summed E-state index contributed by atoms with van der Waals surface area (Å²) in [6.45, 7) is 4.16. The SMILES string of the molecule is COc1ccccc1N(CC(=O)NCCOc1ccc(C)cc1C)S(C)(=O)=O. The number of para-hydroxylation sites is 2. The maximum atomic E-state index is 12.3. The molecule has 0 unspecified atom stereocenters. The summed E-state index contributed by atoms with van der Waals surface area (Å²) in [5.41, 5.74) is 2.48. The van der Waals surface area contributed by atoms with E-state index in [4.69, 9.17) is 9.47 Å². The molecule has 1 N–H and O–H groups in total. The molecule has 2 rings (SSSR count). The molecule has 0 saturated heterocycles. The van der Waals surface area contributed by atoms with Crippen molar-refractivity contribution in [2.24, 2.45) is 0 Å². The number of carbonyl (C=O) groups excluding carboxylic acids is 1. The summed E-state index contributed by atoms with van der Waals surface area (Å²) in [5.74, 6) is 0.700. The molecule has 0 aliphatic rings. The number of carbonyl (C=O) groups is 1. The van der Waals surface area contributed by atoms with Crippen LogP contribution in [0.5, 0.6) is 11.5 Å². The lowest BCUT2D eigenvalue weighted by Crippen LogP contribution is -2.41. The molecular weight excluding hydrogens is 380 g/mol. The fraction of sp³-hybridized carbons (Fsp3) is 0.350. The Bertz CT molecular complexity index is 928. The number of nitrogens with one attached hydrogen (secondary N) is 1. The fourth-order valence-corrected chi connectivity index (χ4v) is 3.58. The Morgan fingerprint density at radius 3 is 2.46 bits per heavy atom. The highest BCUT2D eigenvalue weighted by atomic mass is 32.2. The third-order valence-electron chi connectivity index (χ3n) is 4.05. The van der Waals surface area contributed by atoms with Crippen LogP contribution in [0.4, 0.5) is 5.69 Å². The van der Waals surface area contributed by atoms with Crippen molar-refractivity contribution in [3.05, 3.63) is 53.6 Å². The molecular formula is C20H26N2O5S. The molecule has 152 valence electrons. The van der Waals surface area contributed by atoms with Crippen LogP contribution in [0.25, 0.3) is 0 Å². The lowest BCUT2D eigenvalue weighted by Gasteiger charge is -2.23. The number of ether oxygens (including phenoxy) is 2. The van der Waals surface area contributed by atoms with Gasteiger partial charge in [0.1, 0.15) is 24.7 Å². The van der Waals surface area contributed by atoms with Crippen molar-refractivity contribution >= 4 is 21.6 Å². The zero-order valence-electron chi connectivity index (χ0n) is 16.6. The molecule has 0 aromatic heterocycles. The van der Waals surface area contributed by atoms with Crippen molar-refractivity contribution < 1.29 is 22.7 Å². The van der Waals surface area contributed by atoms with Gasteiger partial charge in [0, 0.05) is 0 Å². The van der Waals surface area contributed by atoms with E-state index in [1.165, 1.54) is 7.11 Å². The first-order valence-corrected chi connectivity index (χ1v) is 10.6. The molecule has 0 spiro atoms. The number of hydrogen-bond donors (Lipinski definition) is 1. The van der Waals surface area contributed by atoms with Gasteiger partial charge in [0.2, 0.25) is 15.9 Å². The van der Waals surface area contributed by atoms with Gasteiger partial charge in [0.15, 0.2) is 0 Å². The van der Waals surface area contributed by atoms with E-state index in [9.17, 15) is 13.2 Å². The Morgan fingerprint density at radius 2 is 1.82 bits per heavy atom. The number of nitrogens with zero attached hydrogens (tertiary/aromatic N) is 1. The van der Waals surface area contributed by atoms with E-state index >= 15 is 0 Å². The lowest BCUT2D eigenvalue weighted by atomic mass is 10.1. The fourth-order valence-electron chi connectivity index (χ4n) is 2.72. The van der Waals surface area contributed by atoms with Crippen molar-refractivity contribution in [3.63, 3.8) is 0 Å². The highest BCUT2D eigenvalue weighted by molar-refractivity contribution is 7.92. The quantitative estimate of drug-likeness (QED) is 0.646. The molecule has 7 nitrogen and oxygen atoms in total. The van der Waals surface area contributed by atoms with Gasteiger partial charge in [-0.1, -0.05) is 29.8 Å². The second kappa shape index (κ2) is 9.45. The predicted molar refractivity (Wildman–Crippen MR) is 110 cm³/mol. The smallest absolute Gasteiger partial charge is 0.240 e. The zero-order chi connectivity index (χ0) is 20.7. The molecule has 0 aliphatic carbocycles. The molecule has 2 aromatic carbocycles. The van der Waals surface area contributed by atoms with Gasteiger partial charge < -0.3 is 14.8 Å². The Morgan fingerprint density at radius 1 is 1.11 bits per heavy atom. The van der Waals surface area contributed by atoms with Gasteiger partial charge in [0.25, 0.3) is 0 Å². The van der Waals surface area contributed by atoms with E-state index in [1.54, 1.807) is 24.3 Å². The second-order valence-electron chi connectivity index (χ2n) is 6.41. The Hall–Kier alpha value is -2.74. The minimum Gasteiger partial charge on any atom is -0.495 e. The van der Waals surface area contributed by atoms with E-state index in [0.29, 0.717) is 11.4 Å². The average Bonchev–Trinajstić information content (AvgIpc) is 2.63. The number of benzene rings is 2. The first-order valence-electron chi connectivity index (χ1n) is 8.80. The summed E-state index contributed by atoms with van der Waals surface area (Å²) >= 11 is 0. The van der Waals surface area contributed by atoms with Crippen LogP contribution >= 0.6 is 0 Å². The first kappa shape index (κ1) is 21.6. The van der Waals surface area contributed by atoms with E-state index in [1.807, 2.05) is 32.0 Å². The number of rotatable bonds is 9. The summed E-state index contributed by atoms with van der Waals surface area (Å²) in [7, 11) is -2.22. The molecule has 1 amide bonds. The third-order valence-corrected chi connectivity index (χ3v) is 5.18. The van der Waals surface area contributed by atoms with Crippen molar-refractivity contribution in [1.82, 2.24) is 5.32 Å². The topological polar surface area (TPSA) is 84.9 Å².